The van der Waals surface area contributed by atoms with Crippen LogP contribution in [0.2, 0.25) is 0 Å². The largest absolute Gasteiger partial charge is 0.395 e. The fourth-order valence-corrected chi connectivity index (χ4v) is 2.72. The van der Waals surface area contributed by atoms with Crippen LogP contribution >= 0.6 is 0 Å². The molecule has 2 N–H and O–H groups in total. The van der Waals surface area contributed by atoms with E-state index in [2.05, 4.69) is 4.72 Å². The Balaban J connectivity index is 3.12. The Morgan fingerprint density at radius 3 is 2.69 bits per heavy atom. The molecule has 1 aromatic carbocycles. The molecule has 0 spiro atoms. The molecule has 0 aliphatic heterocycles. The minimum Gasteiger partial charge on any atom is -0.395 e. The van der Waals surface area contributed by atoms with Crippen LogP contribution in [0.1, 0.15) is 12.5 Å². The lowest BCUT2D eigenvalue weighted by Gasteiger charge is -2.13. The SMILES string of the molecule is Cc1ccc(F)cc1S(=O)(=O)N[C@H](C)CO. The summed E-state index contributed by atoms with van der Waals surface area (Å²) in [6.07, 6.45) is 0. The van der Waals surface area contributed by atoms with Crippen molar-refractivity contribution in [3.8, 4) is 0 Å². The van der Waals surface area contributed by atoms with Crippen LogP contribution in [0.15, 0.2) is 23.1 Å². The van der Waals surface area contributed by atoms with Crippen molar-refractivity contribution in [1.82, 2.24) is 4.72 Å². The van der Waals surface area contributed by atoms with Gasteiger partial charge in [0.2, 0.25) is 10.0 Å². The maximum atomic E-state index is 13.0. The molecule has 0 bridgehead atoms. The van der Waals surface area contributed by atoms with E-state index < -0.39 is 21.9 Å². The van der Waals surface area contributed by atoms with Gasteiger partial charge in [0, 0.05) is 6.04 Å². The van der Waals surface area contributed by atoms with Gasteiger partial charge in [-0.2, -0.15) is 0 Å². The summed E-state index contributed by atoms with van der Waals surface area (Å²) in [6.45, 7) is 2.79. The maximum Gasteiger partial charge on any atom is 0.241 e. The second-order valence-corrected chi connectivity index (χ2v) is 5.30. The Morgan fingerprint density at radius 2 is 2.12 bits per heavy atom. The molecule has 16 heavy (non-hydrogen) atoms. The van der Waals surface area contributed by atoms with Gasteiger partial charge in [0.15, 0.2) is 0 Å². The molecule has 0 saturated carbocycles. The molecule has 0 aliphatic carbocycles. The second kappa shape index (κ2) is 4.90. The zero-order valence-corrected chi connectivity index (χ0v) is 9.88. The van der Waals surface area contributed by atoms with E-state index in [0.29, 0.717) is 5.56 Å². The summed E-state index contributed by atoms with van der Waals surface area (Å²) in [7, 11) is -3.77. The number of halogens is 1. The lowest BCUT2D eigenvalue weighted by molar-refractivity contribution is 0.265. The smallest absolute Gasteiger partial charge is 0.241 e. The monoisotopic (exact) mass is 247 g/mol. The molecule has 0 saturated heterocycles. The Hall–Kier alpha value is -0.980. The summed E-state index contributed by atoms with van der Waals surface area (Å²) in [5, 5.41) is 8.77. The standard InChI is InChI=1S/C10H14FNO3S/c1-7-3-4-9(11)5-10(7)16(14,15)12-8(2)6-13/h3-5,8,12-13H,6H2,1-2H3/t8-/m1/s1. The fraction of sp³-hybridized carbons (Fsp3) is 0.400. The third-order valence-corrected chi connectivity index (χ3v) is 3.80. The quantitative estimate of drug-likeness (QED) is 0.826. The first-order valence-electron chi connectivity index (χ1n) is 4.76. The molecule has 6 heteroatoms. The van der Waals surface area contributed by atoms with E-state index in [1.165, 1.54) is 19.1 Å². The van der Waals surface area contributed by atoms with E-state index in [-0.39, 0.29) is 11.5 Å². The normalized spacial score (nSPS) is 13.8. The molecule has 0 unspecified atom stereocenters. The van der Waals surface area contributed by atoms with Crippen molar-refractivity contribution in [2.75, 3.05) is 6.61 Å². The van der Waals surface area contributed by atoms with Gasteiger partial charge in [0.25, 0.3) is 0 Å². The van der Waals surface area contributed by atoms with Crippen LogP contribution in [0.25, 0.3) is 0 Å². The summed E-state index contributed by atoms with van der Waals surface area (Å²) in [5.74, 6) is -0.609. The second-order valence-electron chi connectivity index (χ2n) is 3.61. The van der Waals surface area contributed by atoms with Gasteiger partial charge in [0.05, 0.1) is 11.5 Å². The number of aliphatic hydroxyl groups is 1. The highest BCUT2D eigenvalue weighted by atomic mass is 32.2. The van der Waals surface area contributed by atoms with Crippen molar-refractivity contribution < 1.29 is 17.9 Å². The van der Waals surface area contributed by atoms with Crippen molar-refractivity contribution in [1.29, 1.82) is 0 Å². The summed E-state index contributed by atoms with van der Waals surface area (Å²) < 4.78 is 38.8. The molecule has 1 atom stereocenters. The van der Waals surface area contributed by atoms with Crippen molar-refractivity contribution in [3.05, 3.63) is 29.6 Å². The van der Waals surface area contributed by atoms with Gasteiger partial charge in [-0.1, -0.05) is 6.07 Å². The Morgan fingerprint density at radius 1 is 1.50 bits per heavy atom. The van der Waals surface area contributed by atoms with Crippen molar-refractivity contribution in [3.63, 3.8) is 0 Å². The topological polar surface area (TPSA) is 66.4 Å². The van der Waals surface area contributed by atoms with Crippen LogP contribution in [0.5, 0.6) is 0 Å². The molecule has 0 aliphatic rings. The van der Waals surface area contributed by atoms with Crippen LogP contribution in [-0.2, 0) is 10.0 Å². The number of sulfonamides is 1. The van der Waals surface area contributed by atoms with E-state index in [1.807, 2.05) is 0 Å². The van der Waals surface area contributed by atoms with E-state index in [1.54, 1.807) is 6.92 Å². The van der Waals surface area contributed by atoms with Crippen LogP contribution in [0.3, 0.4) is 0 Å². The number of aliphatic hydroxyl groups excluding tert-OH is 1. The predicted octanol–water partition coefficient (Wildman–Crippen LogP) is 0.793. The number of hydrogen-bond acceptors (Lipinski definition) is 3. The number of rotatable bonds is 4. The highest BCUT2D eigenvalue weighted by molar-refractivity contribution is 7.89. The number of hydrogen-bond donors (Lipinski definition) is 2. The first-order valence-corrected chi connectivity index (χ1v) is 6.24. The molecule has 0 aromatic heterocycles. The molecule has 0 radical (unpaired) electrons. The molecule has 1 aromatic rings. The van der Waals surface area contributed by atoms with E-state index in [9.17, 15) is 12.8 Å². The Labute approximate surface area is 94.2 Å². The lowest BCUT2D eigenvalue weighted by atomic mass is 10.2. The average Bonchev–Trinajstić information content (AvgIpc) is 2.20. The van der Waals surface area contributed by atoms with Crippen LogP contribution < -0.4 is 4.72 Å². The van der Waals surface area contributed by atoms with Gasteiger partial charge in [-0.25, -0.2) is 17.5 Å². The van der Waals surface area contributed by atoms with E-state index in [0.717, 1.165) is 6.07 Å². The average molecular weight is 247 g/mol. The summed E-state index contributed by atoms with van der Waals surface area (Å²) in [4.78, 5) is -0.104. The third kappa shape index (κ3) is 3.01. The fourth-order valence-electron chi connectivity index (χ4n) is 1.23. The zero-order valence-electron chi connectivity index (χ0n) is 9.07. The minimum absolute atomic E-state index is 0.104. The van der Waals surface area contributed by atoms with Gasteiger partial charge in [-0.05, 0) is 31.5 Å². The highest BCUT2D eigenvalue weighted by Gasteiger charge is 2.19. The molecule has 1 rings (SSSR count). The Bertz CT molecular complexity index is 473. The molecular weight excluding hydrogens is 233 g/mol. The molecule has 0 heterocycles. The zero-order chi connectivity index (χ0) is 12.3. The van der Waals surface area contributed by atoms with Crippen LogP contribution in [-0.4, -0.2) is 26.2 Å². The molecule has 0 fully saturated rings. The maximum absolute atomic E-state index is 13.0. The summed E-state index contributed by atoms with van der Waals surface area (Å²) in [6, 6.07) is 2.95. The summed E-state index contributed by atoms with van der Waals surface area (Å²) >= 11 is 0. The number of benzene rings is 1. The van der Waals surface area contributed by atoms with Gasteiger partial charge < -0.3 is 5.11 Å². The van der Waals surface area contributed by atoms with Gasteiger partial charge in [0.1, 0.15) is 5.82 Å². The van der Waals surface area contributed by atoms with Crippen molar-refractivity contribution in [2.45, 2.75) is 24.8 Å². The van der Waals surface area contributed by atoms with E-state index >= 15 is 0 Å². The van der Waals surface area contributed by atoms with Crippen LogP contribution in [0, 0.1) is 12.7 Å². The Kier molecular flexibility index (Phi) is 4.01. The molecule has 0 amide bonds. The van der Waals surface area contributed by atoms with Gasteiger partial charge in [-0.15, -0.1) is 0 Å². The third-order valence-electron chi connectivity index (χ3n) is 2.07. The van der Waals surface area contributed by atoms with Crippen molar-refractivity contribution in [2.24, 2.45) is 0 Å². The molecular formula is C10H14FNO3S. The summed E-state index contributed by atoms with van der Waals surface area (Å²) in [5.41, 5.74) is 0.457. The minimum atomic E-state index is -3.77. The van der Waals surface area contributed by atoms with Gasteiger partial charge >= 0.3 is 0 Å². The number of nitrogens with one attached hydrogen (secondary N) is 1. The first-order chi connectivity index (χ1) is 7.36. The lowest BCUT2D eigenvalue weighted by Crippen LogP contribution is -2.35. The highest BCUT2D eigenvalue weighted by Crippen LogP contribution is 2.16. The molecule has 4 nitrogen and oxygen atoms in total. The number of aryl methyl sites for hydroxylation is 1. The van der Waals surface area contributed by atoms with Gasteiger partial charge in [-0.3, -0.25) is 0 Å². The van der Waals surface area contributed by atoms with Crippen LogP contribution in [0.4, 0.5) is 4.39 Å². The predicted molar refractivity (Wildman–Crippen MR) is 58.0 cm³/mol. The molecule has 90 valence electrons. The van der Waals surface area contributed by atoms with E-state index in [4.69, 9.17) is 5.11 Å². The van der Waals surface area contributed by atoms with Crippen molar-refractivity contribution >= 4 is 10.0 Å². The first kappa shape index (κ1) is 13.1.